The van der Waals surface area contributed by atoms with Gasteiger partial charge in [0.05, 0.1) is 17.0 Å². The Bertz CT molecular complexity index is 1070. The molecule has 0 aliphatic carbocycles. The molecule has 2 aromatic heterocycles. The molecule has 3 aromatic rings. The maximum atomic E-state index is 14.0. The van der Waals surface area contributed by atoms with E-state index in [-0.39, 0.29) is 34.3 Å². The lowest BCUT2D eigenvalue weighted by Crippen LogP contribution is -2.23. The molecule has 1 unspecified atom stereocenters. The van der Waals surface area contributed by atoms with Crippen molar-refractivity contribution in [3.8, 4) is 0 Å². The van der Waals surface area contributed by atoms with Crippen molar-refractivity contribution in [2.75, 3.05) is 12.4 Å². The van der Waals surface area contributed by atoms with Crippen molar-refractivity contribution in [2.45, 2.75) is 24.8 Å². The highest BCUT2D eigenvalue weighted by Crippen LogP contribution is 2.26. The number of pyridine rings is 2. The minimum Gasteiger partial charge on any atom is -0.462 e. The van der Waals surface area contributed by atoms with Crippen LogP contribution in [-0.4, -0.2) is 27.9 Å². The molecule has 0 radical (unpaired) electrons. The van der Waals surface area contributed by atoms with Gasteiger partial charge in [0.15, 0.2) is 0 Å². The molecule has 0 spiro atoms. The summed E-state index contributed by atoms with van der Waals surface area (Å²) >= 11 is 7.43. The van der Waals surface area contributed by atoms with Gasteiger partial charge in [0, 0.05) is 22.9 Å². The van der Waals surface area contributed by atoms with Crippen molar-refractivity contribution in [1.29, 1.82) is 0 Å². The summed E-state index contributed by atoms with van der Waals surface area (Å²) in [6.45, 7) is 3.70. The lowest BCUT2D eigenvalue weighted by molar-refractivity contribution is 0.0524. The Morgan fingerprint density at radius 1 is 1.36 bits per heavy atom. The van der Waals surface area contributed by atoms with Crippen LogP contribution in [0.1, 0.15) is 30.2 Å². The van der Waals surface area contributed by atoms with Crippen LogP contribution in [0, 0.1) is 5.95 Å². The second kappa shape index (κ2) is 8.75. The maximum Gasteiger partial charge on any atom is 0.343 e. The fourth-order valence-electron chi connectivity index (χ4n) is 2.73. The molecule has 0 N–H and O–H groups in total. The second-order valence-corrected chi connectivity index (χ2v) is 7.61. The van der Waals surface area contributed by atoms with Gasteiger partial charge in [0.2, 0.25) is 11.4 Å². The van der Waals surface area contributed by atoms with Crippen molar-refractivity contribution >= 4 is 40.4 Å². The maximum absolute atomic E-state index is 14.0. The number of fused-ring (bicyclic) bond motifs is 1. The minimum absolute atomic E-state index is 0.0773. The van der Waals surface area contributed by atoms with Crippen molar-refractivity contribution in [3.63, 3.8) is 0 Å². The van der Waals surface area contributed by atoms with Gasteiger partial charge < -0.3 is 9.30 Å². The van der Waals surface area contributed by atoms with E-state index >= 15 is 0 Å². The molecule has 1 aromatic carbocycles. The summed E-state index contributed by atoms with van der Waals surface area (Å²) in [5.74, 6) is -0.975. The van der Waals surface area contributed by atoms with Crippen molar-refractivity contribution in [3.05, 3.63) is 69.4 Å². The number of rotatable bonds is 6. The summed E-state index contributed by atoms with van der Waals surface area (Å²) in [5, 5.41) is -0.197. The van der Waals surface area contributed by atoms with Crippen LogP contribution >= 0.6 is 23.4 Å². The van der Waals surface area contributed by atoms with Crippen LogP contribution in [0.4, 0.5) is 4.39 Å². The molecule has 0 fully saturated rings. The topological polar surface area (TPSA) is 61.2 Å². The van der Waals surface area contributed by atoms with Gasteiger partial charge >= 0.3 is 5.97 Å². The normalized spacial score (nSPS) is 12.1. The monoisotopic (exact) mass is 420 g/mol. The number of hydrogen-bond acceptors (Lipinski definition) is 5. The summed E-state index contributed by atoms with van der Waals surface area (Å²) in [7, 11) is 0. The molecule has 0 amide bonds. The molecule has 5 nitrogen and oxygen atoms in total. The average molecular weight is 421 g/mol. The molecule has 0 aliphatic rings. The number of esters is 1. The molecule has 0 saturated heterocycles. The highest BCUT2D eigenvalue weighted by molar-refractivity contribution is 7.99. The number of benzene rings is 1. The summed E-state index contributed by atoms with van der Waals surface area (Å²) < 4.78 is 20.6. The van der Waals surface area contributed by atoms with Crippen LogP contribution in [0.3, 0.4) is 0 Å². The van der Waals surface area contributed by atoms with Gasteiger partial charge in [0.25, 0.3) is 0 Å². The van der Waals surface area contributed by atoms with Gasteiger partial charge in [-0.25, -0.2) is 4.79 Å². The van der Waals surface area contributed by atoms with E-state index in [4.69, 9.17) is 16.3 Å². The molecular formula is C20H18ClFN2O3S. The molecular weight excluding hydrogens is 403 g/mol. The van der Waals surface area contributed by atoms with E-state index in [0.29, 0.717) is 5.75 Å². The molecule has 3 rings (SSSR count). The summed E-state index contributed by atoms with van der Waals surface area (Å²) in [4.78, 5) is 29.9. The first kappa shape index (κ1) is 20.4. The lowest BCUT2D eigenvalue weighted by Gasteiger charge is -2.19. The highest BCUT2D eigenvalue weighted by Gasteiger charge is 2.21. The Kier molecular flexibility index (Phi) is 6.36. The van der Waals surface area contributed by atoms with Crippen molar-refractivity contribution < 1.29 is 13.9 Å². The predicted octanol–water partition coefficient (Wildman–Crippen LogP) is 4.72. The molecule has 8 heteroatoms. The molecule has 0 aliphatic heterocycles. The third-order valence-electron chi connectivity index (χ3n) is 4.12. The van der Waals surface area contributed by atoms with Crippen molar-refractivity contribution in [2.24, 2.45) is 0 Å². The molecule has 2 heterocycles. The Hall–Kier alpha value is -2.38. The Morgan fingerprint density at radius 2 is 2.07 bits per heavy atom. The van der Waals surface area contributed by atoms with Gasteiger partial charge in [-0.05, 0) is 32.0 Å². The molecule has 0 bridgehead atoms. The largest absolute Gasteiger partial charge is 0.462 e. The van der Waals surface area contributed by atoms with E-state index in [2.05, 4.69) is 4.98 Å². The van der Waals surface area contributed by atoms with Gasteiger partial charge in [-0.2, -0.15) is 9.37 Å². The molecule has 146 valence electrons. The van der Waals surface area contributed by atoms with Gasteiger partial charge in [-0.15, -0.1) is 11.8 Å². The van der Waals surface area contributed by atoms with E-state index in [1.807, 2.05) is 37.3 Å². The first-order chi connectivity index (χ1) is 13.4. The molecule has 28 heavy (non-hydrogen) atoms. The Morgan fingerprint density at radius 3 is 2.75 bits per heavy atom. The summed E-state index contributed by atoms with van der Waals surface area (Å²) in [5.41, 5.74) is -0.571. The zero-order valence-electron chi connectivity index (χ0n) is 15.3. The quantitative estimate of drug-likeness (QED) is 0.328. The van der Waals surface area contributed by atoms with E-state index in [9.17, 15) is 14.0 Å². The standard InChI is InChI=1S/C20H18ClFN2O3S/c1-3-27-20(26)15-10-24(12(2)11-28-13-7-5-4-6-8-13)19-14(17(15)25)9-16(21)18(22)23-19/h4-10,12H,3,11H2,1-2H3. The number of aromatic nitrogens is 2. The molecule has 1 atom stereocenters. The first-order valence-electron chi connectivity index (χ1n) is 8.68. The second-order valence-electron chi connectivity index (χ2n) is 6.10. The third kappa shape index (κ3) is 4.20. The lowest BCUT2D eigenvalue weighted by atomic mass is 10.1. The van der Waals surface area contributed by atoms with Crippen LogP contribution in [0.2, 0.25) is 5.02 Å². The van der Waals surface area contributed by atoms with Crippen LogP contribution in [-0.2, 0) is 4.74 Å². The number of thioether (sulfide) groups is 1. The van der Waals surface area contributed by atoms with Crippen LogP contribution < -0.4 is 5.43 Å². The zero-order valence-corrected chi connectivity index (χ0v) is 16.9. The number of carbonyl (C=O) groups excluding carboxylic acids is 1. The number of hydrogen-bond donors (Lipinski definition) is 0. The average Bonchev–Trinajstić information content (AvgIpc) is 2.69. The van der Waals surface area contributed by atoms with E-state index in [0.717, 1.165) is 4.90 Å². The number of ether oxygens (including phenoxy) is 1. The van der Waals surface area contributed by atoms with Gasteiger partial charge in [0.1, 0.15) is 11.2 Å². The SMILES string of the molecule is CCOC(=O)c1cn(C(C)CSc2ccccc2)c2nc(F)c(Cl)cc2c1=O. The van der Waals surface area contributed by atoms with Gasteiger partial charge in [-0.1, -0.05) is 29.8 Å². The number of halogens is 2. The Labute approximate surface area is 170 Å². The van der Waals surface area contributed by atoms with Crippen LogP contribution in [0.25, 0.3) is 11.0 Å². The minimum atomic E-state index is -0.867. The Balaban J connectivity index is 2.08. The smallest absolute Gasteiger partial charge is 0.343 e. The first-order valence-corrected chi connectivity index (χ1v) is 10.0. The zero-order chi connectivity index (χ0) is 20.3. The number of carbonyl (C=O) groups is 1. The fourth-order valence-corrected chi connectivity index (χ4v) is 3.82. The van der Waals surface area contributed by atoms with E-state index < -0.39 is 17.3 Å². The van der Waals surface area contributed by atoms with Crippen molar-refractivity contribution in [1.82, 2.24) is 9.55 Å². The third-order valence-corrected chi connectivity index (χ3v) is 5.64. The summed E-state index contributed by atoms with van der Waals surface area (Å²) in [6.07, 6.45) is 1.39. The fraction of sp³-hybridized carbons (Fsp3) is 0.250. The predicted molar refractivity (Wildman–Crippen MR) is 109 cm³/mol. The highest BCUT2D eigenvalue weighted by atomic mass is 35.5. The van der Waals surface area contributed by atoms with Crippen LogP contribution in [0.15, 0.2) is 52.3 Å². The molecule has 0 saturated carbocycles. The van der Waals surface area contributed by atoms with Gasteiger partial charge in [-0.3, -0.25) is 4.79 Å². The van der Waals surface area contributed by atoms with E-state index in [1.165, 1.54) is 12.3 Å². The van der Waals surface area contributed by atoms with E-state index in [1.54, 1.807) is 23.3 Å². The summed E-state index contributed by atoms with van der Waals surface area (Å²) in [6, 6.07) is 10.8. The number of nitrogens with zero attached hydrogens (tertiary/aromatic N) is 2. The van der Waals surface area contributed by atoms with Crippen LogP contribution in [0.5, 0.6) is 0 Å².